The Labute approximate surface area is 103 Å². The van der Waals surface area contributed by atoms with Crippen LogP contribution in [0.4, 0.5) is 5.69 Å². The van der Waals surface area contributed by atoms with Gasteiger partial charge in [0.2, 0.25) is 11.8 Å². The fourth-order valence-corrected chi connectivity index (χ4v) is 2.81. The summed E-state index contributed by atoms with van der Waals surface area (Å²) < 4.78 is 22.4. The Hall–Kier alpha value is -1.40. The van der Waals surface area contributed by atoms with Crippen LogP contribution in [0.2, 0.25) is 5.02 Å². The minimum atomic E-state index is -3.60. The van der Waals surface area contributed by atoms with E-state index in [1.54, 1.807) is 0 Å². The Morgan fingerprint density at radius 1 is 1.00 bits per heavy atom. The van der Waals surface area contributed by atoms with Crippen molar-refractivity contribution in [3.8, 4) is 0 Å². The van der Waals surface area contributed by atoms with E-state index < -0.39 is 33.2 Å². The van der Waals surface area contributed by atoms with Crippen molar-refractivity contribution in [3.63, 3.8) is 0 Å². The summed E-state index contributed by atoms with van der Waals surface area (Å²) in [5.74, 6) is -2.74. The highest BCUT2D eigenvalue weighted by Gasteiger charge is 2.36. The molecule has 7 heteroatoms. The molecule has 1 heterocycles. The van der Waals surface area contributed by atoms with Crippen molar-refractivity contribution in [2.45, 2.75) is 0 Å². The molecule has 1 fully saturated rings. The summed E-state index contributed by atoms with van der Waals surface area (Å²) in [6.07, 6.45) is 0. The first-order chi connectivity index (χ1) is 7.89. The minimum Gasteiger partial charge on any atom is -0.273 e. The molecule has 90 valence electrons. The lowest BCUT2D eigenvalue weighted by atomic mass is 10.3. The molecule has 0 atom stereocenters. The van der Waals surface area contributed by atoms with Gasteiger partial charge in [0.05, 0.1) is 5.69 Å². The highest BCUT2D eigenvalue weighted by molar-refractivity contribution is 7.93. The monoisotopic (exact) mass is 273 g/mol. The Balaban J connectivity index is 2.37. The van der Waals surface area contributed by atoms with Crippen molar-refractivity contribution < 1.29 is 18.0 Å². The minimum absolute atomic E-state index is 0.333. The number of nitrogens with zero attached hydrogens (tertiary/aromatic N) is 1. The lowest BCUT2D eigenvalue weighted by Crippen LogP contribution is -2.49. The summed E-state index contributed by atoms with van der Waals surface area (Å²) in [6, 6.07) is 6.05. The van der Waals surface area contributed by atoms with Gasteiger partial charge in [-0.15, -0.1) is 0 Å². The van der Waals surface area contributed by atoms with Gasteiger partial charge in [0.25, 0.3) is 0 Å². The number of hydrogen-bond donors (Lipinski definition) is 0. The predicted octanol–water partition coefficient (Wildman–Crippen LogP) is 0.628. The van der Waals surface area contributed by atoms with Crippen molar-refractivity contribution in [3.05, 3.63) is 29.3 Å². The summed E-state index contributed by atoms with van der Waals surface area (Å²) in [7, 11) is -3.60. The molecular weight excluding hydrogens is 266 g/mol. The van der Waals surface area contributed by atoms with E-state index in [4.69, 9.17) is 11.6 Å². The van der Waals surface area contributed by atoms with Crippen LogP contribution in [0.3, 0.4) is 0 Å². The van der Waals surface area contributed by atoms with Gasteiger partial charge in [-0.1, -0.05) is 11.6 Å². The second-order valence-corrected chi connectivity index (χ2v) is 6.13. The van der Waals surface area contributed by atoms with Crippen LogP contribution in [-0.2, 0) is 19.4 Å². The fourth-order valence-electron chi connectivity index (χ4n) is 1.57. The quantitative estimate of drug-likeness (QED) is 0.704. The summed E-state index contributed by atoms with van der Waals surface area (Å²) >= 11 is 5.68. The van der Waals surface area contributed by atoms with Gasteiger partial charge in [0.1, 0.15) is 11.5 Å². The molecule has 5 nitrogen and oxygen atoms in total. The second kappa shape index (κ2) is 4.12. The average molecular weight is 274 g/mol. The molecule has 0 aliphatic carbocycles. The van der Waals surface area contributed by atoms with E-state index in [0.717, 1.165) is 4.90 Å². The van der Waals surface area contributed by atoms with E-state index in [1.165, 1.54) is 24.3 Å². The standard InChI is InChI=1S/C10H8ClNO4S/c11-7-1-3-8(4-2-7)12-9(13)5-17(15,16)6-10(12)14/h1-4H,5-6H2. The zero-order chi connectivity index (χ0) is 12.6. The fraction of sp³-hybridized carbons (Fsp3) is 0.200. The maximum atomic E-state index is 11.6. The SMILES string of the molecule is O=C1CS(=O)(=O)CC(=O)N1c1ccc(Cl)cc1. The third-order valence-electron chi connectivity index (χ3n) is 2.27. The van der Waals surface area contributed by atoms with Gasteiger partial charge in [0, 0.05) is 5.02 Å². The normalized spacial score (nSPS) is 19.5. The third kappa shape index (κ3) is 2.48. The number of halogens is 1. The van der Waals surface area contributed by atoms with Crippen molar-refractivity contribution >= 4 is 38.9 Å². The molecule has 1 aromatic rings. The van der Waals surface area contributed by atoms with Crippen LogP contribution in [0.5, 0.6) is 0 Å². The number of carbonyl (C=O) groups excluding carboxylic acids is 2. The number of imide groups is 1. The van der Waals surface area contributed by atoms with Crippen molar-refractivity contribution in [1.29, 1.82) is 0 Å². The smallest absolute Gasteiger partial charge is 0.248 e. The molecule has 17 heavy (non-hydrogen) atoms. The highest BCUT2D eigenvalue weighted by Crippen LogP contribution is 2.21. The zero-order valence-corrected chi connectivity index (χ0v) is 10.2. The number of carbonyl (C=O) groups is 2. The molecule has 0 aromatic heterocycles. The number of anilines is 1. The summed E-state index contributed by atoms with van der Waals surface area (Å²) in [5, 5.41) is 0.471. The number of rotatable bonds is 1. The number of amides is 2. The molecule has 0 saturated carbocycles. The lowest BCUT2D eigenvalue weighted by Gasteiger charge is -2.24. The first kappa shape index (κ1) is 12.1. The Bertz CT molecular complexity index is 555. The molecule has 0 unspecified atom stereocenters. The van der Waals surface area contributed by atoms with Crippen LogP contribution in [0, 0.1) is 0 Å². The molecule has 1 aliphatic rings. The maximum Gasteiger partial charge on any atom is 0.248 e. The highest BCUT2D eigenvalue weighted by atomic mass is 35.5. The van der Waals surface area contributed by atoms with Crippen LogP contribution in [0.1, 0.15) is 0 Å². The van der Waals surface area contributed by atoms with Gasteiger partial charge in [0.15, 0.2) is 9.84 Å². The molecule has 0 N–H and O–H groups in total. The summed E-state index contributed by atoms with van der Waals surface area (Å²) in [4.78, 5) is 24.1. The van der Waals surface area contributed by atoms with E-state index >= 15 is 0 Å². The lowest BCUT2D eigenvalue weighted by molar-refractivity contribution is -0.124. The molecule has 1 aromatic carbocycles. The zero-order valence-electron chi connectivity index (χ0n) is 8.59. The molecular formula is C10H8ClNO4S. The maximum absolute atomic E-state index is 11.6. The predicted molar refractivity (Wildman–Crippen MR) is 62.6 cm³/mol. The molecule has 0 spiro atoms. The van der Waals surface area contributed by atoms with Gasteiger partial charge >= 0.3 is 0 Å². The van der Waals surface area contributed by atoms with Crippen LogP contribution in [0.15, 0.2) is 24.3 Å². The van der Waals surface area contributed by atoms with Gasteiger partial charge in [-0.05, 0) is 24.3 Å². The van der Waals surface area contributed by atoms with E-state index in [0.29, 0.717) is 10.7 Å². The molecule has 2 rings (SSSR count). The Kier molecular flexibility index (Phi) is 2.92. The first-order valence-electron chi connectivity index (χ1n) is 4.71. The van der Waals surface area contributed by atoms with Crippen molar-refractivity contribution in [2.75, 3.05) is 16.4 Å². The Morgan fingerprint density at radius 2 is 1.47 bits per heavy atom. The molecule has 0 radical (unpaired) electrons. The Morgan fingerprint density at radius 3 is 1.94 bits per heavy atom. The average Bonchev–Trinajstić information content (AvgIpc) is 2.18. The van der Waals surface area contributed by atoms with Crippen molar-refractivity contribution in [2.24, 2.45) is 0 Å². The van der Waals surface area contributed by atoms with Crippen LogP contribution >= 0.6 is 11.6 Å². The van der Waals surface area contributed by atoms with E-state index in [1.807, 2.05) is 0 Å². The van der Waals surface area contributed by atoms with Gasteiger partial charge < -0.3 is 0 Å². The third-order valence-corrected chi connectivity index (χ3v) is 3.90. The number of sulfone groups is 1. The van der Waals surface area contributed by atoms with Gasteiger partial charge in [-0.2, -0.15) is 0 Å². The number of benzene rings is 1. The van der Waals surface area contributed by atoms with Crippen LogP contribution in [-0.4, -0.2) is 31.7 Å². The largest absolute Gasteiger partial charge is 0.273 e. The van der Waals surface area contributed by atoms with E-state index in [9.17, 15) is 18.0 Å². The molecule has 1 saturated heterocycles. The summed E-state index contributed by atoms with van der Waals surface area (Å²) in [6.45, 7) is 0. The summed E-state index contributed by atoms with van der Waals surface area (Å²) in [5.41, 5.74) is 0.333. The topological polar surface area (TPSA) is 71.5 Å². The van der Waals surface area contributed by atoms with Gasteiger partial charge in [-0.25, -0.2) is 13.3 Å². The van der Waals surface area contributed by atoms with Crippen LogP contribution in [0.25, 0.3) is 0 Å². The van der Waals surface area contributed by atoms with Crippen molar-refractivity contribution in [1.82, 2.24) is 0 Å². The van der Waals surface area contributed by atoms with Gasteiger partial charge in [-0.3, -0.25) is 9.59 Å². The number of hydrogen-bond acceptors (Lipinski definition) is 4. The van der Waals surface area contributed by atoms with E-state index in [2.05, 4.69) is 0 Å². The first-order valence-corrected chi connectivity index (χ1v) is 6.91. The van der Waals surface area contributed by atoms with Crippen LogP contribution < -0.4 is 4.90 Å². The molecule has 0 bridgehead atoms. The molecule has 2 amide bonds. The van der Waals surface area contributed by atoms with E-state index in [-0.39, 0.29) is 0 Å². The second-order valence-electron chi connectivity index (χ2n) is 3.63. The molecule has 1 aliphatic heterocycles.